The van der Waals surface area contributed by atoms with E-state index in [1.807, 2.05) is 4.90 Å². The quantitative estimate of drug-likeness (QED) is 0.568. The van der Waals surface area contributed by atoms with Gasteiger partial charge in [-0.1, -0.05) is 6.08 Å². The van der Waals surface area contributed by atoms with Crippen LogP contribution in [0.4, 0.5) is 0 Å². The van der Waals surface area contributed by atoms with E-state index in [0.717, 1.165) is 19.3 Å². The second-order valence-electron chi connectivity index (χ2n) is 5.19. The van der Waals surface area contributed by atoms with Crippen LogP contribution in [-0.2, 0) is 19.1 Å². The molecule has 104 valence electrons. The molecular formula is C14H19NO4. The Morgan fingerprint density at radius 3 is 2.53 bits per heavy atom. The minimum absolute atomic E-state index is 0.115. The monoisotopic (exact) mass is 265 g/mol. The van der Waals surface area contributed by atoms with Gasteiger partial charge in [-0.2, -0.15) is 0 Å². The van der Waals surface area contributed by atoms with Crippen LogP contribution < -0.4 is 0 Å². The summed E-state index contributed by atoms with van der Waals surface area (Å²) in [6, 6.07) is 0. The van der Waals surface area contributed by atoms with Crippen LogP contribution in [0.1, 0.15) is 38.5 Å². The molecule has 0 aromatic rings. The SMILES string of the molecule is COC(=O)/C=C/CN1C(=O)CCC12CCC(=O)CC2. The molecule has 1 heterocycles. The molecule has 0 unspecified atom stereocenters. The first kappa shape index (κ1) is 13.8. The number of nitrogens with zero attached hydrogens (tertiary/aromatic N) is 1. The van der Waals surface area contributed by atoms with Gasteiger partial charge in [0.25, 0.3) is 0 Å². The van der Waals surface area contributed by atoms with Crippen molar-refractivity contribution in [1.29, 1.82) is 0 Å². The molecule has 0 bridgehead atoms. The van der Waals surface area contributed by atoms with E-state index < -0.39 is 5.97 Å². The molecule has 1 aliphatic carbocycles. The normalized spacial score (nSPS) is 22.5. The molecule has 5 nitrogen and oxygen atoms in total. The molecule has 2 fully saturated rings. The Balaban J connectivity index is 2.03. The number of esters is 1. The standard InChI is InChI=1S/C14H19NO4/c1-19-13(18)3-2-10-15-12(17)6-9-14(15)7-4-11(16)5-8-14/h2-3H,4-10H2,1H3/b3-2+. The lowest BCUT2D eigenvalue weighted by molar-refractivity contribution is -0.135. The fourth-order valence-corrected chi connectivity index (χ4v) is 3.01. The van der Waals surface area contributed by atoms with E-state index in [4.69, 9.17) is 0 Å². The lowest BCUT2D eigenvalue weighted by Crippen LogP contribution is -2.48. The van der Waals surface area contributed by atoms with Crippen molar-refractivity contribution in [2.24, 2.45) is 0 Å². The Kier molecular flexibility index (Phi) is 4.02. The van der Waals surface area contributed by atoms with Gasteiger partial charge >= 0.3 is 5.97 Å². The summed E-state index contributed by atoms with van der Waals surface area (Å²) in [5.74, 6) is -0.0154. The summed E-state index contributed by atoms with van der Waals surface area (Å²) in [5, 5.41) is 0. The van der Waals surface area contributed by atoms with Crippen LogP contribution in [0.3, 0.4) is 0 Å². The van der Waals surface area contributed by atoms with E-state index >= 15 is 0 Å². The summed E-state index contributed by atoms with van der Waals surface area (Å²) in [5.41, 5.74) is -0.161. The first-order valence-corrected chi connectivity index (χ1v) is 6.64. The third-order valence-corrected chi connectivity index (χ3v) is 4.16. The number of likely N-dealkylation sites (tertiary alicyclic amines) is 1. The van der Waals surface area contributed by atoms with Crippen molar-refractivity contribution >= 4 is 17.7 Å². The third-order valence-electron chi connectivity index (χ3n) is 4.16. The predicted molar refractivity (Wildman–Crippen MR) is 68.3 cm³/mol. The maximum absolute atomic E-state index is 12.0. The van der Waals surface area contributed by atoms with Gasteiger partial charge in [0, 0.05) is 37.4 Å². The molecule has 1 aliphatic heterocycles. The number of hydrogen-bond acceptors (Lipinski definition) is 4. The number of ether oxygens (including phenoxy) is 1. The zero-order chi connectivity index (χ0) is 13.9. The Morgan fingerprint density at radius 1 is 1.26 bits per heavy atom. The Labute approximate surface area is 112 Å². The van der Waals surface area contributed by atoms with Gasteiger partial charge in [-0.05, 0) is 19.3 Å². The number of rotatable bonds is 3. The molecule has 2 aliphatic rings. The van der Waals surface area contributed by atoms with Gasteiger partial charge in [0.2, 0.25) is 5.91 Å². The highest BCUT2D eigenvalue weighted by Crippen LogP contribution is 2.41. The molecule has 2 rings (SSSR count). The van der Waals surface area contributed by atoms with Crippen molar-refractivity contribution in [2.75, 3.05) is 13.7 Å². The van der Waals surface area contributed by atoms with E-state index in [1.54, 1.807) is 6.08 Å². The highest BCUT2D eigenvalue weighted by Gasteiger charge is 2.46. The molecule has 1 spiro atoms. The van der Waals surface area contributed by atoms with E-state index in [2.05, 4.69) is 4.74 Å². The van der Waals surface area contributed by atoms with Crippen LogP contribution in [-0.4, -0.2) is 41.8 Å². The second-order valence-corrected chi connectivity index (χ2v) is 5.19. The topological polar surface area (TPSA) is 63.7 Å². The van der Waals surface area contributed by atoms with Crippen molar-refractivity contribution < 1.29 is 19.1 Å². The average molecular weight is 265 g/mol. The maximum Gasteiger partial charge on any atom is 0.330 e. The van der Waals surface area contributed by atoms with E-state index in [-0.39, 0.29) is 17.2 Å². The highest BCUT2D eigenvalue weighted by atomic mass is 16.5. The Hall–Kier alpha value is -1.65. The highest BCUT2D eigenvalue weighted by molar-refractivity contribution is 5.84. The van der Waals surface area contributed by atoms with Crippen molar-refractivity contribution in [2.45, 2.75) is 44.1 Å². The van der Waals surface area contributed by atoms with Crippen molar-refractivity contribution in [1.82, 2.24) is 4.90 Å². The molecule has 0 aromatic heterocycles. The van der Waals surface area contributed by atoms with Gasteiger partial charge in [0.05, 0.1) is 7.11 Å². The van der Waals surface area contributed by atoms with Gasteiger partial charge in [0.15, 0.2) is 0 Å². The van der Waals surface area contributed by atoms with Crippen LogP contribution in [0.2, 0.25) is 0 Å². The van der Waals surface area contributed by atoms with Crippen molar-refractivity contribution in [3.63, 3.8) is 0 Å². The number of ketones is 1. The molecule has 0 aromatic carbocycles. The van der Waals surface area contributed by atoms with E-state index in [0.29, 0.717) is 25.8 Å². The fraction of sp³-hybridized carbons (Fsp3) is 0.643. The summed E-state index contributed by atoms with van der Waals surface area (Å²) in [6.07, 6.45) is 6.99. The second kappa shape index (κ2) is 5.55. The van der Waals surface area contributed by atoms with Gasteiger partial charge < -0.3 is 9.64 Å². The first-order valence-electron chi connectivity index (χ1n) is 6.64. The van der Waals surface area contributed by atoms with Gasteiger partial charge in [0.1, 0.15) is 5.78 Å². The van der Waals surface area contributed by atoms with Crippen LogP contribution in [0.5, 0.6) is 0 Å². The molecular weight excluding hydrogens is 246 g/mol. The molecule has 0 N–H and O–H groups in total. The fourth-order valence-electron chi connectivity index (χ4n) is 3.01. The smallest absolute Gasteiger partial charge is 0.330 e. The summed E-state index contributed by atoms with van der Waals surface area (Å²) < 4.78 is 4.52. The number of methoxy groups -OCH3 is 1. The maximum atomic E-state index is 12.0. The molecule has 5 heteroatoms. The average Bonchev–Trinajstić information content (AvgIpc) is 2.71. The van der Waals surface area contributed by atoms with Crippen LogP contribution in [0, 0.1) is 0 Å². The molecule has 0 radical (unpaired) electrons. The van der Waals surface area contributed by atoms with Crippen LogP contribution in [0.25, 0.3) is 0 Å². The Bertz CT molecular complexity index is 417. The van der Waals surface area contributed by atoms with Gasteiger partial charge in [-0.15, -0.1) is 0 Å². The van der Waals surface area contributed by atoms with Crippen molar-refractivity contribution in [3.8, 4) is 0 Å². The minimum atomic E-state index is -0.417. The van der Waals surface area contributed by atoms with E-state index in [1.165, 1.54) is 13.2 Å². The molecule has 1 saturated heterocycles. The summed E-state index contributed by atoms with van der Waals surface area (Å²) in [4.78, 5) is 36.2. The first-order chi connectivity index (χ1) is 9.07. The lowest BCUT2D eigenvalue weighted by atomic mass is 9.79. The predicted octanol–water partition coefficient (Wildman–Crippen LogP) is 1.22. The number of carbonyl (C=O) groups excluding carboxylic acids is 3. The summed E-state index contributed by atoms with van der Waals surface area (Å²) >= 11 is 0. The van der Waals surface area contributed by atoms with Crippen LogP contribution >= 0.6 is 0 Å². The number of Topliss-reactive ketones (excluding diaryl/α,β-unsaturated/α-hetero) is 1. The van der Waals surface area contributed by atoms with Crippen LogP contribution in [0.15, 0.2) is 12.2 Å². The third kappa shape index (κ3) is 2.85. The zero-order valence-electron chi connectivity index (χ0n) is 11.2. The summed E-state index contributed by atoms with van der Waals surface area (Å²) in [6.45, 7) is 0.419. The summed E-state index contributed by atoms with van der Waals surface area (Å²) in [7, 11) is 1.32. The molecule has 19 heavy (non-hydrogen) atoms. The number of carbonyl (C=O) groups is 3. The largest absolute Gasteiger partial charge is 0.466 e. The number of amides is 1. The van der Waals surface area contributed by atoms with Crippen molar-refractivity contribution in [3.05, 3.63) is 12.2 Å². The zero-order valence-corrected chi connectivity index (χ0v) is 11.2. The molecule has 1 amide bonds. The van der Waals surface area contributed by atoms with E-state index in [9.17, 15) is 14.4 Å². The Morgan fingerprint density at radius 2 is 1.89 bits per heavy atom. The lowest BCUT2D eigenvalue weighted by Gasteiger charge is -2.40. The van der Waals surface area contributed by atoms with Gasteiger partial charge in [-0.3, -0.25) is 9.59 Å². The number of hydrogen-bond donors (Lipinski definition) is 0. The molecule has 0 atom stereocenters. The van der Waals surface area contributed by atoms with Gasteiger partial charge in [-0.25, -0.2) is 4.79 Å². The minimum Gasteiger partial charge on any atom is -0.466 e. The molecule has 1 saturated carbocycles.